The van der Waals surface area contributed by atoms with Gasteiger partial charge in [0.25, 0.3) is 0 Å². The van der Waals surface area contributed by atoms with Crippen molar-refractivity contribution in [1.29, 1.82) is 0 Å². The molecule has 2 aromatic rings. The Morgan fingerprint density at radius 2 is 2.29 bits per heavy atom. The van der Waals surface area contributed by atoms with E-state index in [0.29, 0.717) is 12.8 Å². The van der Waals surface area contributed by atoms with E-state index < -0.39 is 0 Å². The van der Waals surface area contributed by atoms with Crippen LogP contribution in [0.3, 0.4) is 0 Å². The van der Waals surface area contributed by atoms with Gasteiger partial charge in [-0.25, -0.2) is 4.98 Å². The van der Waals surface area contributed by atoms with Crippen LogP contribution < -0.4 is 10.6 Å². The molecule has 0 atom stereocenters. The number of aryl methyl sites for hydroxylation is 2. The molecule has 2 heterocycles. The minimum Gasteiger partial charge on any atom is -0.326 e. The van der Waals surface area contributed by atoms with Gasteiger partial charge in [-0.3, -0.25) is 9.59 Å². The molecule has 108 valence electrons. The molecule has 21 heavy (non-hydrogen) atoms. The lowest BCUT2D eigenvalue weighted by Crippen LogP contribution is -2.20. The van der Waals surface area contributed by atoms with Crippen LogP contribution in [0.4, 0.5) is 11.4 Å². The Balaban J connectivity index is 1.67. The average Bonchev–Trinajstić information content (AvgIpc) is 2.84. The zero-order valence-corrected chi connectivity index (χ0v) is 12.4. The standard InChI is InChI=1S/C15H15N3O2S/c1-9-16-12(8-21-9)7-15(20)17-11-3-4-13-10(6-11)2-5-14(19)18-13/h3-4,6,8H,2,5,7H2,1H3,(H,17,20)(H,18,19). The number of amides is 2. The summed E-state index contributed by atoms with van der Waals surface area (Å²) in [6.45, 7) is 1.92. The summed E-state index contributed by atoms with van der Waals surface area (Å²) in [7, 11) is 0. The van der Waals surface area contributed by atoms with Gasteiger partial charge in [0.05, 0.1) is 17.1 Å². The zero-order chi connectivity index (χ0) is 14.8. The average molecular weight is 301 g/mol. The fourth-order valence-corrected chi connectivity index (χ4v) is 2.93. The predicted octanol–water partition coefficient (Wildman–Crippen LogP) is 2.52. The Labute approximate surface area is 126 Å². The number of thiazole rings is 1. The van der Waals surface area contributed by atoms with Gasteiger partial charge in [-0.1, -0.05) is 0 Å². The number of anilines is 2. The van der Waals surface area contributed by atoms with Crippen LogP contribution in [0, 0.1) is 6.92 Å². The van der Waals surface area contributed by atoms with Crippen molar-refractivity contribution in [2.75, 3.05) is 10.6 Å². The molecule has 0 saturated heterocycles. The number of hydrogen-bond acceptors (Lipinski definition) is 4. The Morgan fingerprint density at radius 1 is 1.43 bits per heavy atom. The molecule has 0 spiro atoms. The second-order valence-electron chi connectivity index (χ2n) is 5.00. The summed E-state index contributed by atoms with van der Waals surface area (Å²) in [5, 5.41) is 8.56. The maximum absolute atomic E-state index is 12.0. The molecule has 6 heteroatoms. The molecule has 2 N–H and O–H groups in total. The Bertz CT molecular complexity index is 709. The lowest BCUT2D eigenvalue weighted by molar-refractivity contribution is -0.117. The van der Waals surface area contributed by atoms with Gasteiger partial charge in [0, 0.05) is 23.2 Å². The van der Waals surface area contributed by atoms with Gasteiger partial charge in [0.2, 0.25) is 11.8 Å². The first kappa shape index (κ1) is 13.8. The third kappa shape index (κ3) is 3.28. The minimum atomic E-state index is -0.0832. The number of nitrogens with zero attached hydrogens (tertiary/aromatic N) is 1. The molecule has 0 radical (unpaired) electrons. The SMILES string of the molecule is Cc1nc(CC(=O)Nc2ccc3c(c2)CCC(=O)N3)cs1. The highest BCUT2D eigenvalue weighted by molar-refractivity contribution is 7.09. The van der Waals surface area contributed by atoms with Crippen molar-refractivity contribution in [2.45, 2.75) is 26.2 Å². The monoisotopic (exact) mass is 301 g/mol. The number of rotatable bonds is 3. The van der Waals surface area contributed by atoms with Crippen molar-refractivity contribution in [3.8, 4) is 0 Å². The van der Waals surface area contributed by atoms with Gasteiger partial charge in [-0.15, -0.1) is 11.3 Å². The third-order valence-corrected chi connectivity index (χ3v) is 4.12. The number of aromatic nitrogens is 1. The molecule has 3 rings (SSSR count). The summed E-state index contributed by atoms with van der Waals surface area (Å²) in [6, 6.07) is 5.54. The number of carbonyl (C=O) groups excluding carboxylic acids is 2. The van der Waals surface area contributed by atoms with Crippen molar-refractivity contribution in [2.24, 2.45) is 0 Å². The topological polar surface area (TPSA) is 71.1 Å². The van der Waals surface area contributed by atoms with Crippen molar-refractivity contribution >= 4 is 34.5 Å². The van der Waals surface area contributed by atoms with E-state index in [2.05, 4.69) is 15.6 Å². The van der Waals surface area contributed by atoms with Crippen LogP contribution in [-0.4, -0.2) is 16.8 Å². The molecule has 1 aromatic carbocycles. The van der Waals surface area contributed by atoms with Crippen molar-refractivity contribution in [3.63, 3.8) is 0 Å². The minimum absolute atomic E-state index is 0.0400. The van der Waals surface area contributed by atoms with Crippen LogP contribution in [0.25, 0.3) is 0 Å². The maximum Gasteiger partial charge on any atom is 0.230 e. The van der Waals surface area contributed by atoms with Gasteiger partial charge in [-0.05, 0) is 37.1 Å². The van der Waals surface area contributed by atoms with E-state index in [9.17, 15) is 9.59 Å². The molecule has 0 saturated carbocycles. The van der Waals surface area contributed by atoms with Crippen molar-refractivity contribution in [3.05, 3.63) is 39.8 Å². The number of hydrogen-bond donors (Lipinski definition) is 2. The summed E-state index contributed by atoms with van der Waals surface area (Å²) < 4.78 is 0. The van der Waals surface area contributed by atoms with Crippen LogP contribution in [0.2, 0.25) is 0 Å². The highest BCUT2D eigenvalue weighted by atomic mass is 32.1. The molecule has 0 fully saturated rings. The van der Waals surface area contributed by atoms with Crippen LogP contribution >= 0.6 is 11.3 Å². The van der Waals surface area contributed by atoms with E-state index in [1.807, 2.05) is 24.4 Å². The summed E-state index contributed by atoms with van der Waals surface area (Å²) in [5.41, 5.74) is 3.43. The van der Waals surface area contributed by atoms with Gasteiger partial charge < -0.3 is 10.6 Å². The zero-order valence-electron chi connectivity index (χ0n) is 11.6. The fraction of sp³-hybridized carbons (Fsp3) is 0.267. The van der Waals surface area contributed by atoms with Gasteiger partial charge in [-0.2, -0.15) is 0 Å². The molecule has 1 aromatic heterocycles. The second-order valence-corrected chi connectivity index (χ2v) is 6.07. The molecule has 0 unspecified atom stereocenters. The van der Waals surface area contributed by atoms with Gasteiger partial charge >= 0.3 is 0 Å². The van der Waals surface area contributed by atoms with Crippen LogP contribution in [-0.2, 0) is 22.4 Å². The number of benzene rings is 1. The van der Waals surface area contributed by atoms with E-state index in [1.54, 1.807) is 17.4 Å². The fourth-order valence-electron chi connectivity index (χ4n) is 2.32. The number of fused-ring (bicyclic) bond motifs is 1. The molecular formula is C15H15N3O2S. The van der Waals surface area contributed by atoms with E-state index in [0.717, 1.165) is 27.6 Å². The van der Waals surface area contributed by atoms with Gasteiger partial charge in [0.15, 0.2) is 0 Å². The molecule has 1 aliphatic rings. The Kier molecular flexibility index (Phi) is 3.70. The van der Waals surface area contributed by atoms with Crippen molar-refractivity contribution < 1.29 is 9.59 Å². The number of carbonyl (C=O) groups is 2. The smallest absolute Gasteiger partial charge is 0.230 e. The highest BCUT2D eigenvalue weighted by Gasteiger charge is 2.15. The van der Waals surface area contributed by atoms with Crippen LogP contribution in [0.5, 0.6) is 0 Å². The molecule has 0 aliphatic carbocycles. The van der Waals surface area contributed by atoms with Crippen molar-refractivity contribution in [1.82, 2.24) is 4.98 Å². The molecule has 1 aliphatic heterocycles. The van der Waals surface area contributed by atoms with E-state index in [1.165, 1.54) is 0 Å². The molecule has 5 nitrogen and oxygen atoms in total. The third-order valence-electron chi connectivity index (χ3n) is 3.29. The first-order valence-corrected chi connectivity index (χ1v) is 7.62. The largest absolute Gasteiger partial charge is 0.326 e. The molecule has 0 bridgehead atoms. The summed E-state index contributed by atoms with van der Waals surface area (Å²) >= 11 is 1.54. The van der Waals surface area contributed by atoms with Gasteiger partial charge in [0.1, 0.15) is 0 Å². The van der Waals surface area contributed by atoms with E-state index >= 15 is 0 Å². The van der Waals surface area contributed by atoms with E-state index in [4.69, 9.17) is 0 Å². The summed E-state index contributed by atoms with van der Waals surface area (Å²) in [6.07, 6.45) is 1.47. The van der Waals surface area contributed by atoms with Crippen LogP contribution in [0.15, 0.2) is 23.6 Å². The first-order valence-electron chi connectivity index (χ1n) is 6.74. The second kappa shape index (κ2) is 5.65. The molecule has 2 amide bonds. The Morgan fingerprint density at radius 3 is 3.05 bits per heavy atom. The molecular weight excluding hydrogens is 286 g/mol. The number of nitrogens with one attached hydrogen (secondary N) is 2. The summed E-state index contributed by atoms with van der Waals surface area (Å²) in [5.74, 6) is -0.0433. The van der Waals surface area contributed by atoms with Crippen LogP contribution in [0.1, 0.15) is 22.7 Å². The maximum atomic E-state index is 12.0. The Hall–Kier alpha value is -2.21. The van der Waals surface area contributed by atoms with E-state index in [-0.39, 0.29) is 18.2 Å². The first-order chi connectivity index (χ1) is 10.1. The normalized spacial score (nSPS) is 13.5. The highest BCUT2D eigenvalue weighted by Crippen LogP contribution is 2.25. The predicted molar refractivity (Wildman–Crippen MR) is 82.6 cm³/mol. The lowest BCUT2D eigenvalue weighted by Gasteiger charge is -2.17. The lowest BCUT2D eigenvalue weighted by atomic mass is 10.0. The quantitative estimate of drug-likeness (QED) is 0.915. The summed E-state index contributed by atoms with van der Waals surface area (Å²) in [4.78, 5) is 27.6.